The van der Waals surface area contributed by atoms with Crippen LogP contribution >= 0.6 is 0 Å². The molecule has 1 aromatic heterocycles. The predicted molar refractivity (Wildman–Crippen MR) is 114 cm³/mol. The highest BCUT2D eigenvalue weighted by atomic mass is 32.2. The first-order chi connectivity index (χ1) is 14.1. The Kier molecular flexibility index (Phi) is 4.88. The minimum absolute atomic E-state index is 0.0450. The SMILES string of the molecule is CC(C)[C@]1(C)N=C(c2nc3ccccc3cc2C(=O)N[C@@H]2CCS(=O)(=O)C2)NC1=O. The minimum Gasteiger partial charge on any atom is -0.348 e. The van der Waals surface area contributed by atoms with Gasteiger partial charge >= 0.3 is 0 Å². The van der Waals surface area contributed by atoms with E-state index in [0.717, 1.165) is 5.39 Å². The molecule has 2 N–H and O–H groups in total. The maximum Gasteiger partial charge on any atom is 0.253 e. The third-order valence-corrected chi connectivity index (χ3v) is 7.69. The number of rotatable bonds is 4. The highest BCUT2D eigenvalue weighted by molar-refractivity contribution is 7.91. The van der Waals surface area contributed by atoms with E-state index in [9.17, 15) is 18.0 Å². The van der Waals surface area contributed by atoms with E-state index >= 15 is 0 Å². The third kappa shape index (κ3) is 3.58. The molecule has 0 saturated carbocycles. The van der Waals surface area contributed by atoms with Crippen LogP contribution < -0.4 is 10.6 Å². The van der Waals surface area contributed by atoms with Crippen LogP contribution in [0, 0.1) is 5.92 Å². The Bertz CT molecular complexity index is 1190. The second kappa shape index (κ2) is 7.16. The molecule has 2 aliphatic rings. The normalized spacial score (nSPS) is 25.4. The van der Waals surface area contributed by atoms with Gasteiger partial charge in [0.15, 0.2) is 15.7 Å². The van der Waals surface area contributed by atoms with Crippen molar-refractivity contribution >= 4 is 38.4 Å². The molecule has 0 aliphatic carbocycles. The number of amides is 2. The van der Waals surface area contributed by atoms with Crippen molar-refractivity contribution in [2.45, 2.75) is 38.8 Å². The summed E-state index contributed by atoms with van der Waals surface area (Å²) >= 11 is 0. The number of nitrogens with one attached hydrogen (secondary N) is 2. The molecule has 8 nitrogen and oxygen atoms in total. The van der Waals surface area contributed by atoms with Crippen LogP contribution in [0.1, 0.15) is 43.2 Å². The van der Waals surface area contributed by atoms with Gasteiger partial charge in [0.05, 0.1) is 22.6 Å². The first-order valence-corrected chi connectivity index (χ1v) is 11.7. The first-order valence-electron chi connectivity index (χ1n) is 9.92. The number of para-hydroxylation sites is 1. The van der Waals surface area contributed by atoms with E-state index in [1.54, 1.807) is 13.0 Å². The molecule has 2 aliphatic heterocycles. The Balaban J connectivity index is 1.77. The summed E-state index contributed by atoms with van der Waals surface area (Å²) in [7, 11) is -3.13. The number of carbonyl (C=O) groups is 2. The number of amidine groups is 1. The van der Waals surface area contributed by atoms with Crippen molar-refractivity contribution in [1.82, 2.24) is 15.6 Å². The highest BCUT2D eigenvalue weighted by Gasteiger charge is 2.43. The standard InChI is InChI=1S/C21H24N4O4S/c1-12(2)21(3)20(27)24-18(25-21)17-15(10-13-6-4-5-7-16(13)23-17)19(26)22-14-8-9-30(28,29)11-14/h4-7,10,12,14H,8-9,11H2,1-3H3,(H,22,26)(H,24,25,27)/t14-,21+/m1/s1. The largest absolute Gasteiger partial charge is 0.348 e. The fourth-order valence-electron chi connectivity index (χ4n) is 3.69. The molecule has 2 amide bonds. The Hall–Kier alpha value is -2.81. The Morgan fingerprint density at radius 3 is 2.67 bits per heavy atom. The Morgan fingerprint density at radius 2 is 2.03 bits per heavy atom. The molecule has 0 unspecified atom stereocenters. The van der Waals surface area contributed by atoms with Gasteiger partial charge in [-0.2, -0.15) is 0 Å². The number of pyridine rings is 1. The van der Waals surface area contributed by atoms with Crippen molar-refractivity contribution in [1.29, 1.82) is 0 Å². The number of hydrogen-bond donors (Lipinski definition) is 2. The number of sulfone groups is 1. The minimum atomic E-state index is -3.13. The van der Waals surface area contributed by atoms with Crippen molar-refractivity contribution in [3.63, 3.8) is 0 Å². The maximum absolute atomic E-state index is 13.1. The van der Waals surface area contributed by atoms with E-state index in [2.05, 4.69) is 20.6 Å². The summed E-state index contributed by atoms with van der Waals surface area (Å²) in [6.45, 7) is 5.58. The second-order valence-electron chi connectivity index (χ2n) is 8.37. The fourth-order valence-corrected chi connectivity index (χ4v) is 5.36. The van der Waals surface area contributed by atoms with Crippen molar-refractivity contribution in [3.05, 3.63) is 41.6 Å². The van der Waals surface area contributed by atoms with Gasteiger partial charge in [-0.1, -0.05) is 32.0 Å². The molecular weight excluding hydrogens is 404 g/mol. The molecule has 1 aromatic carbocycles. The van der Waals surface area contributed by atoms with Gasteiger partial charge in [-0.05, 0) is 31.4 Å². The highest BCUT2D eigenvalue weighted by Crippen LogP contribution is 2.28. The Morgan fingerprint density at radius 1 is 1.30 bits per heavy atom. The Labute approximate surface area is 175 Å². The number of fused-ring (bicyclic) bond motifs is 1. The molecule has 1 saturated heterocycles. The molecule has 2 aromatic rings. The van der Waals surface area contributed by atoms with E-state index in [0.29, 0.717) is 11.9 Å². The maximum atomic E-state index is 13.1. The number of nitrogens with zero attached hydrogens (tertiary/aromatic N) is 2. The fraction of sp³-hybridized carbons (Fsp3) is 0.429. The molecule has 0 radical (unpaired) electrons. The van der Waals surface area contributed by atoms with E-state index in [1.807, 2.05) is 38.1 Å². The average Bonchev–Trinajstić information content (AvgIpc) is 3.19. The molecule has 9 heteroatoms. The van der Waals surface area contributed by atoms with Crippen LogP contribution in [0.15, 0.2) is 35.3 Å². The molecule has 4 rings (SSSR count). The van der Waals surface area contributed by atoms with Crippen molar-refractivity contribution in [2.75, 3.05) is 11.5 Å². The third-order valence-electron chi connectivity index (χ3n) is 5.92. The van der Waals surface area contributed by atoms with Crippen LogP contribution in [0.4, 0.5) is 0 Å². The predicted octanol–water partition coefficient (Wildman–Crippen LogP) is 1.44. The van der Waals surface area contributed by atoms with Gasteiger partial charge in [-0.15, -0.1) is 0 Å². The van der Waals surface area contributed by atoms with Crippen LogP contribution in [0.2, 0.25) is 0 Å². The lowest BCUT2D eigenvalue weighted by molar-refractivity contribution is -0.124. The van der Waals surface area contributed by atoms with Gasteiger partial charge in [0.1, 0.15) is 11.2 Å². The molecular formula is C21H24N4O4S. The molecule has 158 valence electrons. The van der Waals surface area contributed by atoms with Crippen LogP contribution in [0.25, 0.3) is 10.9 Å². The van der Waals surface area contributed by atoms with E-state index in [1.165, 1.54) is 0 Å². The lowest BCUT2D eigenvalue weighted by atomic mass is 9.89. The van der Waals surface area contributed by atoms with Crippen LogP contribution in [0.3, 0.4) is 0 Å². The summed E-state index contributed by atoms with van der Waals surface area (Å²) < 4.78 is 23.5. The van der Waals surface area contributed by atoms with Gasteiger partial charge in [-0.25, -0.2) is 18.4 Å². The van der Waals surface area contributed by atoms with Gasteiger partial charge < -0.3 is 10.6 Å². The quantitative estimate of drug-likeness (QED) is 0.764. The zero-order valence-corrected chi connectivity index (χ0v) is 17.9. The number of aliphatic imine (C=N–C) groups is 1. The zero-order chi connectivity index (χ0) is 21.7. The van der Waals surface area contributed by atoms with Gasteiger partial charge in [0, 0.05) is 11.4 Å². The van der Waals surface area contributed by atoms with Crippen molar-refractivity contribution < 1.29 is 18.0 Å². The second-order valence-corrected chi connectivity index (χ2v) is 10.6. The van der Waals surface area contributed by atoms with Gasteiger partial charge in [-0.3, -0.25) is 9.59 Å². The van der Waals surface area contributed by atoms with E-state index in [4.69, 9.17) is 0 Å². The molecule has 0 spiro atoms. The summed E-state index contributed by atoms with van der Waals surface area (Å²) in [5.41, 5.74) is 0.257. The van der Waals surface area contributed by atoms with Crippen molar-refractivity contribution in [2.24, 2.45) is 10.9 Å². The van der Waals surface area contributed by atoms with E-state index in [-0.39, 0.29) is 40.4 Å². The summed E-state index contributed by atoms with van der Waals surface area (Å²) in [4.78, 5) is 34.9. The monoisotopic (exact) mass is 428 g/mol. The van der Waals surface area contributed by atoms with Crippen LogP contribution in [-0.2, 0) is 14.6 Å². The lowest BCUT2D eigenvalue weighted by Crippen LogP contribution is -2.41. The smallest absolute Gasteiger partial charge is 0.253 e. The number of benzene rings is 1. The topological polar surface area (TPSA) is 118 Å². The first kappa shape index (κ1) is 20.5. The van der Waals surface area contributed by atoms with Crippen LogP contribution in [-0.4, -0.2) is 54.1 Å². The number of hydrogen-bond acceptors (Lipinski definition) is 6. The molecule has 30 heavy (non-hydrogen) atoms. The van der Waals surface area contributed by atoms with Gasteiger partial charge in [0.2, 0.25) is 0 Å². The summed E-state index contributed by atoms with van der Waals surface area (Å²) in [6.07, 6.45) is 0.382. The summed E-state index contributed by atoms with van der Waals surface area (Å²) in [6, 6.07) is 8.62. The van der Waals surface area contributed by atoms with Crippen LogP contribution in [0.5, 0.6) is 0 Å². The molecule has 2 atom stereocenters. The zero-order valence-electron chi connectivity index (χ0n) is 17.1. The number of carbonyl (C=O) groups excluding carboxylic acids is 2. The average molecular weight is 429 g/mol. The van der Waals surface area contributed by atoms with E-state index < -0.39 is 27.3 Å². The number of aromatic nitrogens is 1. The molecule has 1 fully saturated rings. The molecule has 0 bridgehead atoms. The summed E-state index contributed by atoms with van der Waals surface area (Å²) in [5.74, 6) is -0.465. The molecule has 3 heterocycles. The van der Waals surface area contributed by atoms with Crippen molar-refractivity contribution in [3.8, 4) is 0 Å². The lowest BCUT2D eigenvalue weighted by Gasteiger charge is -2.21. The van der Waals surface area contributed by atoms with Gasteiger partial charge in [0.25, 0.3) is 11.8 Å². The summed E-state index contributed by atoms with van der Waals surface area (Å²) in [5, 5.41) is 6.36.